The summed E-state index contributed by atoms with van der Waals surface area (Å²) in [5.41, 5.74) is 6.12. The number of carbonyl (C=O) groups is 2. The highest BCUT2D eigenvalue weighted by Gasteiger charge is 2.32. The molecule has 7 nitrogen and oxygen atoms in total. The van der Waals surface area contributed by atoms with Gasteiger partial charge in [0, 0.05) is 24.5 Å². The van der Waals surface area contributed by atoms with Crippen LogP contribution in [-0.2, 0) is 25.8 Å². The summed E-state index contributed by atoms with van der Waals surface area (Å²) in [5, 5.41) is 3.53. The first-order valence-corrected chi connectivity index (χ1v) is 19.3. The van der Waals surface area contributed by atoms with E-state index >= 15 is 0 Å². The average molecular weight is 715 g/mol. The molecular formula is C45H66N2O5. The maximum absolute atomic E-state index is 14.3. The summed E-state index contributed by atoms with van der Waals surface area (Å²) in [5.74, 6) is 1.33. The number of ketones is 2. The van der Waals surface area contributed by atoms with Crippen LogP contribution in [0, 0.1) is 11.8 Å². The predicted molar refractivity (Wildman–Crippen MR) is 213 cm³/mol. The van der Waals surface area contributed by atoms with Gasteiger partial charge in [-0.3, -0.25) is 14.4 Å². The van der Waals surface area contributed by atoms with Gasteiger partial charge in [0.1, 0.15) is 17.6 Å². The van der Waals surface area contributed by atoms with Gasteiger partial charge in [0.15, 0.2) is 5.78 Å². The summed E-state index contributed by atoms with van der Waals surface area (Å²) in [7, 11) is 1.66. The number of Topliss-reactive ketones (excluding diaryl/α,β-unsaturated/α-hetero) is 2. The Hall–Kier alpha value is -3.52. The zero-order valence-electron chi connectivity index (χ0n) is 33.4. The van der Waals surface area contributed by atoms with Crippen LogP contribution in [0.5, 0.6) is 5.75 Å². The summed E-state index contributed by atoms with van der Waals surface area (Å²) < 4.78 is 11.6. The highest BCUT2D eigenvalue weighted by molar-refractivity contribution is 5.87. The van der Waals surface area contributed by atoms with Crippen molar-refractivity contribution in [3.05, 3.63) is 101 Å². The van der Waals surface area contributed by atoms with Gasteiger partial charge in [0.05, 0.1) is 31.5 Å². The van der Waals surface area contributed by atoms with Gasteiger partial charge in [-0.25, -0.2) is 0 Å². The molecule has 0 amide bonds. The Morgan fingerprint density at radius 3 is 2.31 bits per heavy atom. The van der Waals surface area contributed by atoms with E-state index in [1.54, 1.807) is 7.11 Å². The second kappa shape index (κ2) is 21.2. The van der Waals surface area contributed by atoms with Crippen molar-refractivity contribution in [2.24, 2.45) is 11.8 Å². The highest BCUT2D eigenvalue weighted by atomic mass is 16.7. The van der Waals surface area contributed by atoms with E-state index in [9.17, 15) is 9.59 Å². The molecule has 2 aromatic carbocycles. The van der Waals surface area contributed by atoms with Gasteiger partial charge in [-0.05, 0) is 95.9 Å². The minimum Gasteiger partial charge on any atom is -0.497 e. The zero-order valence-corrected chi connectivity index (χ0v) is 33.4. The van der Waals surface area contributed by atoms with E-state index < -0.39 is 17.2 Å². The second-order valence-corrected chi connectivity index (χ2v) is 15.9. The lowest BCUT2D eigenvalue weighted by Crippen LogP contribution is -2.52. The fourth-order valence-corrected chi connectivity index (χ4v) is 6.77. The number of methoxy groups -OCH3 is 1. The van der Waals surface area contributed by atoms with E-state index in [1.807, 2.05) is 102 Å². The molecule has 2 N–H and O–H groups in total. The largest absolute Gasteiger partial charge is 0.497 e. The van der Waals surface area contributed by atoms with Crippen molar-refractivity contribution >= 4 is 11.6 Å². The van der Waals surface area contributed by atoms with E-state index in [2.05, 4.69) is 42.9 Å². The Kier molecular flexibility index (Phi) is 17.5. The standard InChI is InChI=1S/C45H66N2O5/c1-10-18-33(3)19-17-24-40(48)43(36-25-27-38(50-9)28-26-36)37-23-16-15-22-35(29-37)30-41(49)39(32-51-31-34-20-13-12-14-21-34)46-42(11-2)45(7,8)47-52-44(4,5)6/h11-16,20-21,25-29,33,37,39,43,46-47H,10,17-19,22-24,30-32H2,1-9H3/b42-11+. The summed E-state index contributed by atoms with van der Waals surface area (Å²) >= 11 is 0. The molecule has 0 heterocycles. The van der Waals surface area contributed by atoms with Crippen molar-refractivity contribution in [2.45, 2.75) is 136 Å². The topological polar surface area (TPSA) is 85.9 Å². The SMILES string of the molecule is C/C=C(/NC(COCc1ccccc1)C(=O)CC1=CC(C(C(=O)CCCC(C)CCC)c2ccc(OC)cc2)CC=CC1)C(C)(C)NOC(C)(C)C. The fourth-order valence-electron chi connectivity index (χ4n) is 6.77. The third kappa shape index (κ3) is 14.5. The van der Waals surface area contributed by atoms with Crippen molar-refractivity contribution in [1.82, 2.24) is 10.8 Å². The molecule has 0 saturated heterocycles. The number of nitrogens with one attached hydrogen (secondary N) is 2. The van der Waals surface area contributed by atoms with E-state index in [-0.39, 0.29) is 36.4 Å². The lowest BCUT2D eigenvalue weighted by Gasteiger charge is -2.35. The van der Waals surface area contributed by atoms with Crippen molar-refractivity contribution < 1.29 is 23.9 Å². The van der Waals surface area contributed by atoms with Gasteiger partial charge in [-0.15, -0.1) is 0 Å². The number of allylic oxidation sites excluding steroid dienone is 5. The minimum atomic E-state index is -0.601. The number of carbonyl (C=O) groups excluding carboxylic acids is 2. The molecule has 286 valence electrons. The summed E-state index contributed by atoms with van der Waals surface area (Å²) in [6.07, 6.45) is 15.0. The quantitative estimate of drug-likeness (QED) is 0.0928. The third-order valence-electron chi connectivity index (χ3n) is 9.65. The monoisotopic (exact) mass is 714 g/mol. The Morgan fingerprint density at radius 2 is 1.67 bits per heavy atom. The van der Waals surface area contributed by atoms with Crippen LogP contribution in [0.15, 0.2) is 90.2 Å². The number of hydroxylamine groups is 1. The smallest absolute Gasteiger partial charge is 0.161 e. The molecule has 1 aliphatic rings. The summed E-state index contributed by atoms with van der Waals surface area (Å²) in [4.78, 5) is 34.3. The Morgan fingerprint density at radius 1 is 0.962 bits per heavy atom. The number of hydrogen-bond donors (Lipinski definition) is 2. The first-order valence-electron chi connectivity index (χ1n) is 19.3. The molecule has 52 heavy (non-hydrogen) atoms. The fraction of sp³-hybridized carbons (Fsp3) is 0.556. The molecule has 4 unspecified atom stereocenters. The maximum atomic E-state index is 14.3. The van der Waals surface area contributed by atoms with Crippen LogP contribution >= 0.6 is 0 Å². The molecule has 0 bridgehead atoms. The molecule has 3 rings (SSSR count). The normalized spacial score (nSPS) is 17.1. The number of rotatable bonds is 22. The molecule has 0 radical (unpaired) electrons. The Balaban J connectivity index is 1.87. The van der Waals surface area contributed by atoms with Crippen LogP contribution in [0.1, 0.15) is 124 Å². The molecule has 0 spiro atoms. The highest BCUT2D eigenvalue weighted by Crippen LogP contribution is 2.36. The summed E-state index contributed by atoms with van der Waals surface area (Å²) in [6, 6.07) is 17.3. The van der Waals surface area contributed by atoms with Gasteiger partial charge in [-0.2, -0.15) is 5.48 Å². The molecule has 0 aromatic heterocycles. The van der Waals surface area contributed by atoms with Crippen LogP contribution in [0.3, 0.4) is 0 Å². The first-order chi connectivity index (χ1) is 24.8. The summed E-state index contributed by atoms with van der Waals surface area (Å²) in [6.45, 7) is 17.1. The molecule has 0 aliphatic heterocycles. The van der Waals surface area contributed by atoms with Crippen molar-refractivity contribution in [3.63, 3.8) is 0 Å². The lowest BCUT2D eigenvalue weighted by atomic mass is 9.78. The van der Waals surface area contributed by atoms with Crippen molar-refractivity contribution in [2.75, 3.05) is 13.7 Å². The average Bonchev–Trinajstić information content (AvgIpc) is 3.34. The van der Waals surface area contributed by atoms with Gasteiger partial charge < -0.3 is 14.8 Å². The molecule has 1 aliphatic carbocycles. The van der Waals surface area contributed by atoms with Crippen LogP contribution in [0.4, 0.5) is 0 Å². The number of ether oxygens (including phenoxy) is 2. The van der Waals surface area contributed by atoms with E-state index in [4.69, 9.17) is 14.3 Å². The molecular weight excluding hydrogens is 649 g/mol. The van der Waals surface area contributed by atoms with Crippen LogP contribution in [0.25, 0.3) is 0 Å². The predicted octanol–water partition coefficient (Wildman–Crippen LogP) is 9.98. The van der Waals surface area contributed by atoms with Crippen LogP contribution in [0.2, 0.25) is 0 Å². The van der Waals surface area contributed by atoms with Gasteiger partial charge >= 0.3 is 0 Å². The maximum Gasteiger partial charge on any atom is 0.161 e. The van der Waals surface area contributed by atoms with E-state index in [0.29, 0.717) is 25.4 Å². The zero-order chi connectivity index (χ0) is 38.1. The third-order valence-corrected chi connectivity index (χ3v) is 9.65. The molecule has 0 fully saturated rings. The van der Waals surface area contributed by atoms with Crippen LogP contribution in [-0.4, -0.2) is 42.5 Å². The molecule has 7 heteroatoms. The number of hydrogen-bond acceptors (Lipinski definition) is 7. The Labute approximate surface area is 314 Å². The van der Waals surface area contributed by atoms with Gasteiger partial charge in [-0.1, -0.05) is 105 Å². The lowest BCUT2D eigenvalue weighted by molar-refractivity contribution is -0.122. The number of benzene rings is 2. The van der Waals surface area contributed by atoms with E-state index in [1.165, 1.54) is 6.42 Å². The van der Waals surface area contributed by atoms with Crippen molar-refractivity contribution in [1.29, 1.82) is 0 Å². The van der Waals surface area contributed by atoms with Gasteiger partial charge in [0.25, 0.3) is 0 Å². The molecule has 4 atom stereocenters. The van der Waals surface area contributed by atoms with Crippen LogP contribution < -0.4 is 15.5 Å². The second-order valence-electron chi connectivity index (χ2n) is 15.9. The minimum absolute atomic E-state index is 0.0393. The van der Waals surface area contributed by atoms with E-state index in [0.717, 1.165) is 53.8 Å². The molecule has 2 aromatic rings. The Bertz CT molecular complexity index is 1470. The molecule has 0 saturated carbocycles. The first kappa shape index (κ1) is 42.9. The van der Waals surface area contributed by atoms with Crippen molar-refractivity contribution in [3.8, 4) is 5.75 Å². The van der Waals surface area contributed by atoms with Gasteiger partial charge in [0.2, 0.25) is 0 Å².